The van der Waals surface area contributed by atoms with Crippen molar-refractivity contribution in [3.8, 4) is 0 Å². The van der Waals surface area contributed by atoms with E-state index in [1.807, 2.05) is 0 Å². The normalized spacial score (nSPS) is 9.50. The number of hydrazine groups is 1. The molecule has 0 aliphatic carbocycles. The highest BCUT2D eigenvalue weighted by atomic mass is 35.5. The first-order valence-corrected chi connectivity index (χ1v) is 3.07. The van der Waals surface area contributed by atoms with Gasteiger partial charge in [-0.15, -0.1) is 0 Å². The van der Waals surface area contributed by atoms with Crippen LogP contribution in [-0.2, 0) is 0 Å². The van der Waals surface area contributed by atoms with E-state index in [-0.39, 0.29) is 0 Å². The van der Waals surface area contributed by atoms with Gasteiger partial charge in [-0.3, -0.25) is 5.21 Å². The van der Waals surface area contributed by atoms with Crippen LogP contribution in [-0.4, -0.2) is 5.21 Å². The van der Waals surface area contributed by atoms with Crippen LogP contribution in [0, 0.1) is 0 Å². The van der Waals surface area contributed by atoms with Gasteiger partial charge in [-0.25, -0.2) is 5.84 Å². The van der Waals surface area contributed by atoms with Crippen LogP contribution in [0.15, 0.2) is 24.3 Å². The Morgan fingerprint density at radius 3 is 2.60 bits per heavy atom. The van der Waals surface area contributed by atoms with E-state index in [1.165, 1.54) is 0 Å². The van der Waals surface area contributed by atoms with Crippen LogP contribution in [0.1, 0.15) is 0 Å². The number of hydrogen-bond acceptors (Lipinski definition) is 3. The molecule has 4 heteroatoms. The first-order chi connectivity index (χ1) is 4.70. The van der Waals surface area contributed by atoms with Gasteiger partial charge in [0.25, 0.3) is 0 Å². The average molecular weight is 159 g/mol. The van der Waals surface area contributed by atoms with Crippen molar-refractivity contribution in [3.05, 3.63) is 29.3 Å². The van der Waals surface area contributed by atoms with Crippen molar-refractivity contribution in [1.29, 1.82) is 0 Å². The molecule has 0 aromatic heterocycles. The zero-order valence-electron chi connectivity index (χ0n) is 5.16. The molecule has 0 amide bonds. The van der Waals surface area contributed by atoms with Crippen LogP contribution in [0.5, 0.6) is 0 Å². The molecule has 0 heterocycles. The lowest BCUT2D eigenvalue weighted by Gasteiger charge is -2.08. The van der Waals surface area contributed by atoms with Gasteiger partial charge in [0.1, 0.15) is 0 Å². The molecule has 0 spiro atoms. The molecule has 1 rings (SSSR count). The predicted octanol–water partition coefficient (Wildman–Crippen LogP) is 1.41. The van der Waals surface area contributed by atoms with Crippen LogP contribution in [0.25, 0.3) is 0 Å². The highest BCUT2D eigenvalue weighted by Gasteiger charge is 1.95. The summed E-state index contributed by atoms with van der Waals surface area (Å²) in [4.78, 5) is 0. The lowest BCUT2D eigenvalue weighted by molar-refractivity contribution is 0.258. The first-order valence-electron chi connectivity index (χ1n) is 2.69. The minimum atomic E-state index is 0.465. The summed E-state index contributed by atoms with van der Waals surface area (Å²) in [5.41, 5.74) is 0.465. The van der Waals surface area contributed by atoms with E-state index in [0.29, 0.717) is 15.9 Å². The van der Waals surface area contributed by atoms with Crippen molar-refractivity contribution < 1.29 is 5.21 Å². The van der Waals surface area contributed by atoms with Gasteiger partial charge in [-0.1, -0.05) is 17.7 Å². The zero-order valence-corrected chi connectivity index (χ0v) is 5.92. The van der Waals surface area contributed by atoms with Gasteiger partial charge in [-0.2, -0.15) is 5.17 Å². The zero-order chi connectivity index (χ0) is 7.56. The van der Waals surface area contributed by atoms with Gasteiger partial charge in [-0.05, 0) is 18.2 Å². The summed E-state index contributed by atoms with van der Waals surface area (Å²) in [6, 6.07) is 6.61. The first kappa shape index (κ1) is 7.34. The molecule has 3 nitrogen and oxygen atoms in total. The highest BCUT2D eigenvalue weighted by Crippen LogP contribution is 2.15. The fourth-order valence-corrected chi connectivity index (χ4v) is 0.803. The van der Waals surface area contributed by atoms with Crippen LogP contribution in [0.4, 0.5) is 5.69 Å². The Balaban J connectivity index is 2.96. The van der Waals surface area contributed by atoms with E-state index in [1.54, 1.807) is 24.3 Å². The van der Waals surface area contributed by atoms with Gasteiger partial charge in [0.15, 0.2) is 0 Å². The number of nitrogens with zero attached hydrogens (tertiary/aromatic N) is 1. The van der Waals surface area contributed by atoms with Crippen LogP contribution in [0.2, 0.25) is 5.02 Å². The maximum absolute atomic E-state index is 8.70. The second-order valence-electron chi connectivity index (χ2n) is 1.82. The van der Waals surface area contributed by atoms with Crippen molar-refractivity contribution in [2.24, 2.45) is 5.84 Å². The molecule has 0 saturated carbocycles. The summed E-state index contributed by atoms with van der Waals surface area (Å²) >= 11 is 5.60. The fourth-order valence-electron chi connectivity index (χ4n) is 0.619. The van der Waals surface area contributed by atoms with E-state index in [0.717, 1.165) is 0 Å². The molecule has 54 valence electrons. The molecule has 1 aromatic carbocycles. The molecule has 0 bridgehead atoms. The molecular formula is C6H7ClN2O. The maximum Gasteiger partial charge on any atom is 0.0832 e. The van der Waals surface area contributed by atoms with Crippen LogP contribution in [0.3, 0.4) is 0 Å². The second-order valence-corrected chi connectivity index (χ2v) is 2.26. The molecule has 0 unspecified atom stereocenters. The lowest BCUT2D eigenvalue weighted by Crippen LogP contribution is -2.25. The lowest BCUT2D eigenvalue weighted by atomic mass is 10.3. The molecule has 10 heavy (non-hydrogen) atoms. The SMILES string of the molecule is NN(O)c1cccc(Cl)c1. The standard InChI is InChI=1S/C6H7ClN2O/c7-5-2-1-3-6(4-5)9(8)10/h1-4,10H,8H2. The Labute approximate surface area is 63.6 Å². The summed E-state index contributed by atoms with van der Waals surface area (Å²) in [7, 11) is 0. The number of rotatable bonds is 1. The Hall–Kier alpha value is -0.770. The fraction of sp³-hybridized carbons (Fsp3) is 0. The maximum atomic E-state index is 8.70. The third-order valence-electron chi connectivity index (χ3n) is 1.07. The predicted molar refractivity (Wildman–Crippen MR) is 39.9 cm³/mol. The highest BCUT2D eigenvalue weighted by molar-refractivity contribution is 6.30. The van der Waals surface area contributed by atoms with E-state index >= 15 is 0 Å². The van der Waals surface area contributed by atoms with Gasteiger partial charge in [0.2, 0.25) is 0 Å². The number of nitrogens with two attached hydrogens (primary N) is 1. The van der Waals surface area contributed by atoms with Crippen molar-refractivity contribution in [2.75, 3.05) is 5.17 Å². The van der Waals surface area contributed by atoms with Gasteiger partial charge in [0, 0.05) is 5.02 Å². The number of anilines is 1. The summed E-state index contributed by atoms with van der Waals surface area (Å²) < 4.78 is 0. The molecule has 3 N–H and O–H groups in total. The van der Waals surface area contributed by atoms with Gasteiger partial charge in [0.05, 0.1) is 5.69 Å². The van der Waals surface area contributed by atoms with Crippen molar-refractivity contribution in [3.63, 3.8) is 0 Å². The smallest absolute Gasteiger partial charge is 0.0832 e. The van der Waals surface area contributed by atoms with Gasteiger partial charge >= 0.3 is 0 Å². The van der Waals surface area contributed by atoms with E-state index < -0.39 is 0 Å². The summed E-state index contributed by atoms with van der Waals surface area (Å²) in [5.74, 6) is 5.01. The van der Waals surface area contributed by atoms with E-state index in [4.69, 9.17) is 22.7 Å². The van der Waals surface area contributed by atoms with Crippen molar-refractivity contribution in [2.45, 2.75) is 0 Å². The Morgan fingerprint density at radius 2 is 2.20 bits per heavy atom. The average Bonchev–Trinajstić information content (AvgIpc) is 1.88. The molecule has 1 aromatic rings. The molecule has 0 saturated heterocycles. The van der Waals surface area contributed by atoms with E-state index in [9.17, 15) is 0 Å². The third kappa shape index (κ3) is 1.60. The quantitative estimate of drug-likeness (QED) is 0.480. The molecular weight excluding hydrogens is 152 g/mol. The summed E-state index contributed by atoms with van der Waals surface area (Å²) in [6.07, 6.45) is 0. The number of benzene rings is 1. The summed E-state index contributed by atoms with van der Waals surface area (Å²) in [5, 5.41) is 9.76. The Bertz CT molecular complexity index is 227. The summed E-state index contributed by atoms with van der Waals surface area (Å²) in [6.45, 7) is 0. The molecule has 0 atom stereocenters. The third-order valence-corrected chi connectivity index (χ3v) is 1.31. The Kier molecular flexibility index (Phi) is 2.11. The largest absolute Gasteiger partial charge is 0.273 e. The monoisotopic (exact) mass is 158 g/mol. The van der Waals surface area contributed by atoms with Crippen molar-refractivity contribution >= 4 is 17.3 Å². The molecule has 0 fully saturated rings. The van der Waals surface area contributed by atoms with Gasteiger partial charge < -0.3 is 0 Å². The molecule has 0 aliphatic rings. The van der Waals surface area contributed by atoms with Crippen LogP contribution < -0.4 is 11.0 Å². The topological polar surface area (TPSA) is 49.5 Å². The number of halogens is 1. The van der Waals surface area contributed by atoms with E-state index in [2.05, 4.69) is 0 Å². The molecule has 0 aliphatic heterocycles. The minimum absolute atomic E-state index is 0.465. The van der Waals surface area contributed by atoms with Crippen molar-refractivity contribution in [1.82, 2.24) is 0 Å². The number of hydrogen-bond donors (Lipinski definition) is 2. The van der Waals surface area contributed by atoms with Crippen LogP contribution >= 0.6 is 11.6 Å². The second kappa shape index (κ2) is 2.88. The molecule has 0 radical (unpaired) electrons. The Morgan fingerprint density at radius 1 is 1.50 bits per heavy atom. The minimum Gasteiger partial charge on any atom is -0.273 e.